The van der Waals surface area contributed by atoms with Gasteiger partial charge in [-0.15, -0.1) is 0 Å². The topological polar surface area (TPSA) is 93.1 Å². The molecule has 0 aliphatic carbocycles. The van der Waals surface area contributed by atoms with Crippen LogP contribution in [0.25, 0.3) is 0 Å². The summed E-state index contributed by atoms with van der Waals surface area (Å²) in [5.41, 5.74) is 2.92. The molecule has 3 rings (SSSR count). The third-order valence-electron chi connectivity index (χ3n) is 4.65. The van der Waals surface area contributed by atoms with E-state index in [1.807, 2.05) is 32.9 Å². The molecule has 140 valence electrons. The van der Waals surface area contributed by atoms with Gasteiger partial charge in [-0.1, -0.05) is 17.7 Å². The molecule has 1 fully saturated rings. The number of hydrogen-bond acceptors (Lipinski definition) is 6. The van der Waals surface area contributed by atoms with E-state index >= 15 is 0 Å². The zero-order valence-corrected chi connectivity index (χ0v) is 15.9. The number of esters is 1. The number of hydrazone groups is 1. The summed E-state index contributed by atoms with van der Waals surface area (Å²) < 4.78 is 28.9. The summed E-state index contributed by atoms with van der Waals surface area (Å²) in [6, 6.07) is 3.35. The van der Waals surface area contributed by atoms with Crippen LogP contribution in [-0.2, 0) is 19.4 Å². The van der Waals surface area contributed by atoms with E-state index in [4.69, 9.17) is 4.74 Å². The van der Waals surface area contributed by atoms with Crippen LogP contribution in [0, 0.1) is 20.8 Å². The molecule has 0 bridgehead atoms. The molecule has 0 N–H and O–H groups in total. The van der Waals surface area contributed by atoms with Crippen LogP contribution in [0.1, 0.15) is 36.0 Å². The van der Waals surface area contributed by atoms with E-state index in [0.717, 1.165) is 16.7 Å². The number of sulfone groups is 1. The lowest BCUT2D eigenvalue weighted by Gasteiger charge is -2.27. The highest BCUT2D eigenvalue weighted by Gasteiger charge is 2.37. The molecule has 8 heteroatoms. The van der Waals surface area contributed by atoms with Crippen LogP contribution in [-0.4, -0.2) is 48.6 Å². The van der Waals surface area contributed by atoms with Crippen molar-refractivity contribution in [2.24, 2.45) is 5.10 Å². The number of ether oxygens (including phenoxy) is 1. The highest BCUT2D eigenvalue weighted by molar-refractivity contribution is 7.91. The average Bonchev–Trinajstić information content (AvgIpc) is 2.91. The molecule has 2 aliphatic rings. The molecule has 0 saturated carbocycles. The first kappa shape index (κ1) is 18.6. The fourth-order valence-electron chi connectivity index (χ4n) is 3.45. The second-order valence-corrected chi connectivity index (χ2v) is 9.19. The van der Waals surface area contributed by atoms with Crippen molar-refractivity contribution in [2.75, 3.05) is 11.5 Å². The normalized spacial score (nSPS) is 22.3. The molecule has 2 heterocycles. The molecule has 7 nitrogen and oxygen atoms in total. The summed E-state index contributed by atoms with van der Waals surface area (Å²) in [7, 11) is -3.15. The Labute approximate surface area is 152 Å². The summed E-state index contributed by atoms with van der Waals surface area (Å²) in [5.74, 6) is -0.431. The van der Waals surface area contributed by atoms with Gasteiger partial charge in [-0.3, -0.25) is 4.79 Å². The molecule has 1 saturated heterocycles. The molecule has 1 aromatic rings. The lowest BCUT2D eigenvalue weighted by molar-refractivity contribution is -0.134. The molecule has 1 amide bonds. The smallest absolute Gasteiger partial charge is 0.359 e. The summed E-state index contributed by atoms with van der Waals surface area (Å²) >= 11 is 0. The molecule has 26 heavy (non-hydrogen) atoms. The van der Waals surface area contributed by atoms with Crippen LogP contribution in [0.3, 0.4) is 0 Å². The fraction of sp³-hybridized carbons (Fsp3) is 0.500. The van der Waals surface area contributed by atoms with E-state index in [0.29, 0.717) is 12.2 Å². The van der Waals surface area contributed by atoms with Gasteiger partial charge in [0.05, 0.1) is 17.5 Å². The number of carbonyl (C=O) groups is 2. The largest absolute Gasteiger partial charge is 0.421 e. The van der Waals surface area contributed by atoms with E-state index in [-0.39, 0.29) is 36.0 Å². The van der Waals surface area contributed by atoms with E-state index in [1.165, 1.54) is 5.01 Å². The fourth-order valence-corrected chi connectivity index (χ4v) is 5.14. The minimum Gasteiger partial charge on any atom is -0.421 e. The maximum Gasteiger partial charge on any atom is 0.359 e. The zero-order chi connectivity index (χ0) is 19.1. The highest BCUT2D eigenvalue weighted by Crippen LogP contribution is 2.26. The predicted octanol–water partition coefficient (Wildman–Crippen LogP) is 1.68. The first-order valence-corrected chi connectivity index (χ1v) is 10.4. The van der Waals surface area contributed by atoms with Crippen LogP contribution in [0.4, 0.5) is 0 Å². The van der Waals surface area contributed by atoms with Crippen LogP contribution in [0.15, 0.2) is 17.2 Å². The van der Waals surface area contributed by atoms with Gasteiger partial charge < -0.3 is 4.74 Å². The van der Waals surface area contributed by atoms with Gasteiger partial charge in [0, 0.05) is 12.8 Å². The van der Waals surface area contributed by atoms with Gasteiger partial charge in [0.25, 0.3) is 0 Å². The Morgan fingerprint density at radius 1 is 1.19 bits per heavy atom. The van der Waals surface area contributed by atoms with Gasteiger partial charge in [-0.2, -0.15) is 5.10 Å². The molecular weight excluding hydrogens is 356 g/mol. The number of benzene rings is 1. The van der Waals surface area contributed by atoms with Gasteiger partial charge in [-0.05, 0) is 38.3 Å². The van der Waals surface area contributed by atoms with E-state index in [2.05, 4.69) is 5.10 Å². The Bertz CT molecular complexity index is 881. The molecular formula is C18H22N2O5S. The molecule has 0 radical (unpaired) electrons. The van der Waals surface area contributed by atoms with Crippen LogP contribution < -0.4 is 4.74 Å². The third-order valence-corrected chi connectivity index (χ3v) is 6.40. The van der Waals surface area contributed by atoms with Gasteiger partial charge in [-0.25, -0.2) is 18.2 Å². The predicted molar refractivity (Wildman–Crippen MR) is 96.9 cm³/mol. The minimum atomic E-state index is -3.15. The van der Waals surface area contributed by atoms with Crippen molar-refractivity contribution in [3.8, 4) is 5.75 Å². The summed E-state index contributed by atoms with van der Waals surface area (Å²) in [6.07, 6.45) is 0.657. The van der Waals surface area contributed by atoms with E-state index < -0.39 is 21.8 Å². The first-order chi connectivity index (χ1) is 12.2. The van der Waals surface area contributed by atoms with Gasteiger partial charge in [0.1, 0.15) is 11.5 Å². The number of aryl methyl sites for hydroxylation is 3. The Hall–Kier alpha value is -2.22. The lowest BCUT2D eigenvalue weighted by Crippen LogP contribution is -2.42. The van der Waals surface area contributed by atoms with Crippen molar-refractivity contribution in [3.63, 3.8) is 0 Å². The maximum absolute atomic E-state index is 12.5. The Balaban J connectivity index is 1.81. The zero-order valence-electron chi connectivity index (χ0n) is 15.1. The molecule has 1 aromatic carbocycles. The van der Waals surface area contributed by atoms with Gasteiger partial charge >= 0.3 is 5.97 Å². The monoisotopic (exact) mass is 378 g/mol. The first-order valence-electron chi connectivity index (χ1n) is 8.56. The standard InChI is InChI=1S/C18H22N2O5S/c1-11-8-12(2)17(13(3)9-11)25-18(22)15-4-5-16(21)20(19-15)14-6-7-26(23,24)10-14/h8-9,14H,4-7,10H2,1-3H3/t14-/m0/s1. The average molecular weight is 378 g/mol. The number of hydrogen-bond donors (Lipinski definition) is 0. The van der Waals surface area contributed by atoms with Crippen molar-refractivity contribution in [3.05, 3.63) is 28.8 Å². The van der Waals surface area contributed by atoms with E-state index in [1.54, 1.807) is 0 Å². The van der Waals surface area contributed by atoms with Crippen molar-refractivity contribution in [1.82, 2.24) is 5.01 Å². The van der Waals surface area contributed by atoms with E-state index in [9.17, 15) is 18.0 Å². The second-order valence-electron chi connectivity index (χ2n) is 6.96. The Morgan fingerprint density at radius 2 is 1.85 bits per heavy atom. The quantitative estimate of drug-likeness (QED) is 0.589. The Kier molecular flexibility index (Phi) is 4.88. The molecule has 0 unspecified atom stereocenters. The van der Waals surface area contributed by atoms with Gasteiger partial charge in [0.15, 0.2) is 9.84 Å². The summed E-state index contributed by atoms with van der Waals surface area (Å²) in [5, 5.41) is 5.31. The minimum absolute atomic E-state index is 0.0402. The summed E-state index contributed by atoms with van der Waals surface area (Å²) in [4.78, 5) is 24.7. The van der Waals surface area contributed by atoms with Gasteiger partial charge in [0.2, 0.25) is 5.91 Å². The summed E-state index contributed by atoms with van der Waals surface area (Å²) in [6.45, 7) is 5.70. The van der Waals surface area contributed by atoms with Crippen molar-refractivity contribution in [1.29, 1.82) is 0 Å². The number of rotatable bonds is 3. The van der Waals surface area contributed by atoms with Crippen molar-refractivity contribution >= 4 is 27.4 Å². The SMILES string of the molecule is Cc1cc(C)c(OC(=O)C2=NN([C@H]3CCS(=O)(=O)C3)C(=O)CC2)c(C)c1. The molecule has 0 aromatic heterocycles. The number of nitrogens with zero attached hydrogens (tertiary/aromatic N) is 2. The van der Waals surface area contributed by atoms with Crippen LogP contribution in [0.2, 0.25) is 0 Å². The molecule has 0 spiro atoms. The second kappa shape index (κ2) is 6.83. The maximum atomic E-state index is 12.5. The van der Waals surface area contributed by atoms with Crippen LogP contribution in [0.5, 0.6) is 5.75 Å². The number of amides is 1. The van der Waals surface area contributed by atoms with Crippen molar-refractivity contribution < 1.29 is 22.7 Å². The van der Waals surface area contributed by atoms with Crippen molar-refractivity contribution in [2.45, 2.75) is 46.1 Å². The molecule has 1 atom stereocenters. The molecule has 2 aliphatic heterocycles. The van der Waals surface area contributed by atoms with Crippen LogP contribution >= 0.6 is 0 Å². The third kappa shape index (κ3) is 3.80. The number of carbonyl (C=O) groups excluding carboxylic acids is 2. The lowest BCUT2D eigenvalue weighted by atomic mass is 10.1. The highest BCUT2D eigenvalue weighted by atomic mass is 32.2. The Morgan fingerprint density at radius 3 is 2.42 bits per heavy atom.